The molecule has 26 heavy (non-hydrogen) atoms. The van der Waals surface area contributed by atoms with Gasteiger partial charge in [0.2, 0.25) is 0 Å². The summed E-state index contributed by atoms with van der Waals surface area (Å²) in [6.07, 6.45) is 7.97. The molecule has 0 bridgehead atoms. The van der Waals surface area contributed by atoms with Gasteiger partial charge in [-0.05, 0) is 26.0 Å². The molecule has 4 rings (SSSR count). The van der Waals surface area contributed by atoms with Gasteiger partial charge in [-0.15, -0.1) is 0 Å². The fourth-order valence-electron chi connectivity index (χ4n) is 3.04. The molecule has 8 heteroatoms. The molecule has 0 amide bonds. The van der Waals surface area contributed by atoms with Crippen molar-refractivity contribution in [1.29, 1.82) is 0 Å². The second-order valence-electron chi connectivity index (χ2n) is 6.47. The molecule has 0 aliphatic carbocycles. The van der Waals surface area contributed by atoms with Gasteiger partial charge in [0.05, 0.1) is 30.9 Å². The third kappa shape index (κ3) is 3.47. The fourth-order valence-corrected chi connectivity index (χ4v) is 3.04. The van der Waals surface area contributed by atoms with Crippen molar-refractivity contribution in [2.75, 3.05) is 25.0 Å². The number of nitrogens with zero attached hydrogens (tertiary/aromatic N) is 4. The predicted molar refractivity (Wildman–Crippen MR) is 98.3 cm³/mol. The summed E-state index contributed by atoms with van der Waals surface area (Å²) in [6.45, 7) is 3.75. The summed E-state index contributed by atoms with van der Waals surface area (Å²) in [5.74, 6) is 1.44. The molecule has 3 N–H and O–H groups in total. The molecule has 3 aromatic heterocycles. The van der Waals surface area contributed by atoms with Crippen molar-refractivity contribution in [1.82, 2.24) is 24.7 Å². The topological polar surface area (TPSA) is 96.6 Å². The Morgan fingerprint density at radius 2 is 2.35 bits per heavy atom. The van der Waals surface area contributed by atoms with E-state index in [4.69, 9.17) is 9.84 Å². The van der Waals surface area contributed by atoms with Gasteiger partial charge in [0.15, 0.2) is 0 Å². The zero-order valence-electron chi connectivity index (χ0n) is 14.6. The molecule has 0 aromatic carbocycles. The van der Waals surface area contributed by atoms with Crippen LogP contribution in [0.2, 0.25) is 0 Å². The van der Waals surface area contributed by atoms with Crippen LogP contribution in [-0.4, -0.2) is 56.3 Å². The zero-order chi connectivity index (χ0) is 17.9. The van der Waals surface area contributed by atoms with E-state index in [1.54, 1.807) is 18.6 Å². The molecule has 136 valence electrons. The number of rotatable bonds is 6. The third-order valence-electron chi connectivity index (χ3n) is 4.39. The van der Waals surface area contributed by atoms with Gasteiger partial charge in [-0.2, -0.15) is 0 Å². The Kier molecular flexibility index (Phi) is 4.68. The van der Waals surface area contributed by atoms with E-state index in [1.807, 2.05) is 29.7 Å². The second kappa shape index (κ2) is 7.27. The van der Waals surface area contributed by atoms with Crippen LogP contribution in [0.15, 0.2) is 36.9 Å². The quantitative estimate of drug-likeness (QED) is 0.614. The zero-order valence-corrected chi connectivity index (χ0v) is 14.6. The summed E-state index contributed by atoms with van der Waals surface area (Å²) in [4.78, 5) is 13.4. The molecule has 2 atom stereocenters. The highest BCUT2D eigenvalue weighted by atomic mass is 16.5. The van der Waals surface area contributed by atoms with Crippen LogP contribution in [0.4, 0.5) is 5.82 Å². The van der Waals surface area contributed by atoms with Crippen LogP contribution in [0, 0.1) is 0 Å². The molecule has 4 heterocycles. The highest BCUT2D eigenvalue weighted by Gasteiger charge is 2.15. The van der Waals surface area contributed by atoms with Gasteiger partial charge < -0.3 is 20.5 Å². The van der Waals surface area contributed by atoms with Crippen LogP contribution in [0.1, 0.15) is 13.3 Å². The van der Waals surface area contributed by atoms with Gasteiger partial charge >= 0.3 is 0 Å². The number of fused-ring (bicyclic) bond motifs is 1. The van der Waals surface area contributed by atoms with E-state index in [2.05, 4.69) is 25.6 Å². The first kappa shape index (κ1) is 16.7. The first-order chi connectivity index (χ1) is 12.7. The summed E-state index contributed by atoms with van der Waals surface area (Å²) < 4.78 is 7.58. The molecule has 0 saturated carbocycles. The lowest BCUT2D eigenvalue weighted by Gasteiger charge is -2.13. The van der Waals surface area contributed by atoms with Gasteiger partial charge in [0.25, 0.3) is 0 Å². The molecule has 0 spiro atoms. The van der Waals surface area contributed by atoms with Crippen molar-refractivity contribution in [2.24, 2.45) is 0 Å². The first-order valence-electron chi connectivity index (χ1n) is 8.77. The predicted octanol–water partition coefficient (Wildman–Crippen LogP) is 1.32. The number of hydrogen-bond acceptors (Lipinski definition) is 7. The van der Waals surface area contributed by atoms with E-state index in [1.165, 1.54) is 0 Å². The molecule has 1 fully saturated rings. The first-order valence-corrected chi connectivity index (χ1v) is 8.77. The smallest absolute Gasteiger partial charge is 0.145 e. The van der Waals surface area contributed by atoms with E-state index >= 15 is 0 Å². The highest BCUT2D eigenvalue weighted by Crippen LogP contribution is 2.23. The maximum absolute atomic E-state index is 9.12. The number of aliphatic hydroxyl groups is 1. The third-order valence-corrected chi connectivity index (χ3v) is 4.39. The highest BCUT2D eigenvalue weighted by molar-refractivity contribution is 5.61. The van der Waals surface area contributed by atoms with E-state index in [0.29, 0.717) is 11.8 Å². The number of aromatic nitrogens is 4. The fraction of sp³-hybridized carbons (Fsp3) is 0.389. The number of hydrogen-bond donors (Lipinski definition) is 3. The van der Waals surface area contributed by atoms with Crippen LogP contribution in [0.3, 0.4) is 0 Å². The minimum atomic E-state index is -0.259. The maximum atomic E-state index is 9.12. The summed E-state index contributed by atoms with van der Waals surface area (Å²) in [7, 11) is 0. The van der Waals surface area contributed by atoms with E-state index in [-0.39, 0.29) is 12.7 Å². The molecular formula is C18H22N6O2. The summed E-state index contributed by atoms with van der Waals surface area (Å²) in [5.41, 5.74) is 2.37. The van der Waals surface area contributed by atoms with Crippen molar-refractivity contribution in [3.63, 3.8) is 0 Å². The van der Waals surface area contributed by atoms with Crippen LogP contribution in [0.25, 0.3) is 17.0 Å². The Bertz CT molecular complexity index is 890. The van der Waals surface area contributed by atoms with Gasteiger partial charge in [-0.3, -0.25) is 9.38 Å². The number of anilines is 1. The normalized spacial score (nSPS) is 18.2. The minimum absolute atomic E-state index is 0.0310. The number of pyridine rings is 1. The average molecular weight is 354 g/mol. The van der Waals surface area contributed by atoms with Crippen molar-refractivity contribution >= 4 is 11.5 Å². The maximum Gasteiger partial charge on any atom is 0.145 e. The Morgan fingerprint density at radius 1 is 1.42 bits per heavy atom. The van der Waals surface area contributed by atoms with Crippen molar-refractivity contribution in [3.8, 4) is 17.1 Å². The lowest BCUT2D eigenvalue weighted by molar-refractivity contribution is 0.130. The molecule has 0 radical (unpaired) electrons. The number of imidazole rings is 1. The van der Waals surface area contributed by atoms with E-state index in [9.17, 15) is 0 Å². The van der Waals surface area contributed by atoms with Crippen molar-refractivity contribution in [3.05, 3.63) is 36.9 Å². The Hall–Kier alpha value is -2.71. The number of aliphatic hydroxyl groups excluding tert-OH is 1. The van der Waals surface area contributed by atoms with Gasteiger partial charge in [0.1, 0.15) is 29.0 Å². The molecule has 3 aromatic rings. The minimum Gasteiger partial charge on any atom is -0.488 e. The summed E-state index contributed by atoms with van der Waals surface area (Å²) in [5, 5.41) is 15.9. The molecule has 8 nitrogen and oxygen atoms in total. The SMILES string of the molecule is C[C@@H](CO)Oc1ccn2c(-c3cncc(N[C@@H]4CCNC4)n3)cnc2c1. The Labute approximate surface area is 151 Å². The van der Waals surface area contributed by atoms with Gasteiger partial charge in [-0.25, -0.2) is 9.97 Å². The van der Waals surface area contributed by atoms with Crippen LogP contribution in [0.5, 0.6) is 5.75 Å². The number of nitrogens with one attached hydrogen (secondary N) is 2. The lowest BCUT2D eigenvalue weighted by atomic mass is 10.2. The van der Waals surface area contributed by atoms with Crippen molar-refractivity contribution < 1.29 is 9.84 Å². The van der Waals surface area contributed by atoms with Crippen molar-refractivity contribution in [2.45, 2.75) is 25.5 Å². The van der Waals surface area contributed by atoms with Gasteiger partial charge in [-0.1, -0.05) is 0 Å². The van der Waals surface area contributed by atoms with Crippen LogP contribution < -0.4 is 15.4 Å². The summed E-state index contributed by atoms with van der Waals surface area (Å²) in [6, 6.07) is 4.08. The molecule has 0 unspecified atom stereocenters. The monoisotopic (exact) mass is 354 g/mol. The summed E-state index contributed by atoms with van der Waals surface area (Å²) >= 11 is 0. The second-order valence-corrected chi connectivity index (χ2v) is 6.47. The lowest BCUT2D eigenvalue weighted by Crippen LogP contribution is -2.22. The molecule has 1 aliphatic rings. The molecule has 1 saturated heterocycles. The molecular weight excluding hydrogens is 332 g/mol. The van der Waals surface area contributed by atoms with Crippen LogP contribution >= 0.6 is 0 Å². The average Bonchev–Trinajstić information content (AvgIpc) is 3.31. The standard InChI is InChI=1S/C18H22N6O2/c1-12(11-25)26-14-3-5-24-16(9-21-18(24)6-14)15-8-20-10-17(23-15)22-13-2-4-19-7-13/h3,5-6,8-10,12-13,19,25H,2,4,7,11H2,1H3,(H,22,23)/t12-,13+/m0/s1. The molecule has 1 aliphatic heterocycles. The Balaban J connectivity index is 1.60. The van der Waals surface area contributed by atoms with E-state index in [0.717, 1.165) is 42.4 Å². The largest absolute Gasteiger partial charge is 0.488 e. The van der Waals surface area contributed by atoms with E-state index < -0.39 is 0 Å². The Morgan fingerprint density at radius 3 is 3.15 bits per heavy atom. The van der Waals surface area contributed by atoms with Crippen LogP contribution in [-0.2, 0) is 0 Å². The number of ether oxygens (including phenoxy) is 1. The van der Waals surface area contributed by atoms with Gasteiger partial charge in [0, 0.05) is 24.8 Å².